The van der Waals surface area contributed by atoms with E-state index in [1.165, 1.54) is 26.2 Å². The molecule has 1 aromatic carbocycles. The molecule has 6 nitrogen and oxygen atoms in total. The maximum atomic E-state index is 12.1. The van der Waals surface area contributed by atoms with Crippen LogP contribution in [0.3, 0.4) is 0 Å². The van der Waals surface area contributed by atoms with Crippen molar-refractivity contribution >= 4 is 34.0 Å². The Morgan fingerprint density at radius 2 is 1.96 bits per heavy atom. The third kappa shape index (κ3) is 5.46. The molecule has 0 aliphatic carbocycles. The van der Waals surface area contributed by atoms with Gasteiger partial charge >= 0.3 is 0 Å². The summed E-state index contributed by atoms with van der Waals surface area (Å²) in [5.41, 5.74) is 0.516. The molecule has 0 radical (unpaired) electrons. The summed E-state index contributed by atoms with van der Waals surface area (Å²) in [4.78, 5) is 12.3. The molecule has 2 N–H and O–H groups in total. The van der Waals surface area contributed by atoms with Crippen LogP contribution in [-0.2, 0) is 14.8 Å². The topological polar surface area (TPSA) is 78.5 Å². The summed E-state index contributed by atoms with van der Waals surface area (Å²) in [6.45, 7) is 1.91. The molecule has 1 saturated heterocycles. The smallest absolute Gasteiger partial charge is 0.242 e. The number of nitrogens with one attached hydrogen (secondary N) is 2. The highest BCUT2D eigenvalue weighted by molar-refractivity contribution is 7.89. The minimum absolute atomic E-state index is 0. The summed E-state index contributed by atoms with van der Waals surface area (Å²) in [6, 6.07) is 6.36. The molecule has 130 valence electrons. The monoisotopic (exact) mass is 361 g/mol. The number of halogens is 1. The molecule has 1 fully saturated rings. The molecular weight excluding hydrogens is 338 g/mol. The number of nitrogens with zero attached hydrogens (tertiary/aromatic N) is 1. The summed E-state index contributed by atoms with van der Waals surface area (Å²) >= 11 is 0. The predicted octanol–water partition coefficient (Wildman–Crippen LogP) is 1.69. The predicted molar refractivity (Wildman–Crippen MR) is 93.4 cm³/mol. The number of benzene rings is 1. The molecule has 0 bridgehead atoms. The van der Waals surface area contributed by atoms with Crippen LogP contribution in [0.25, 0.3) is 0 Å². The minimum atomic E-state index is -3.49. The van der Waals surface area contributed by atoms with Gasteiger partial charge in [-0.25, -0.2) is 12.7 Å². The number of anilines is 1. The first-order valence-electron chi connectivity index (χ1n) is 7.43. The van der Waals surface area contributed by atoms with E-state index < -0.39 is 10.0 Å². The van der Waals surface area contributed by atoms with Crippen LogP contribution in [0.2, 0.25) is 0 Å². The van der Waals surface area contributed by atoms with Crippen LogP contribution in [-0.4, -0.2) is 45.8 Å². The average Bonchev–Trinajstić information content (AvgIpc) is 2.48. The Balaban J connectivity index is 0.00000264. The molecule has 0 unspecified atom stereocenters. The van der Waals surface area contributed by atoms with Crippen LogP contribution >= 0.6 is 12.4 Å². The van der Waals surface area contributed by atoms with Crippen molar-refractivity contribution in [3.05, 3.63) is 24.3 Å². The van der Waals surface area contributed by atoms with Crippen molar-refractivity contribution in [2.75, 3.05) is 32.5 Å². The van der Waals surface area contributed by atoms with Crippen molar-refractivity contribution in [3.8, 4) is 0 Å². The van der Waals surface area contributed by atoms with E-state index in [1.807, 2.05) is 0 Å². The highest BCUT2D eigenvalue weighted by atomic mass is 35.5. The van der Waals surface area contributed by atoms with Gasteiger partial charge in [-0.05, 0) is 50.0 Å². The van der Waals surface area contributed by atoms with Gasteiger partial charge in [0.25, 0.3) is 0 Å². The van der Waals surface area contributed by atoms with Gasteiger partial charge in [0.2, 0.25) is 15.9 Å². The van der Waals surface area contributed by atoms with Crippen LogP contribution in [0.15, 0.2) is 29.2 Å². The van der Waals surface area contributed by atoms with Gasteiger partial charge in [0, 0.05) is 26.2 Å². The fourth-order valence-electron chi connectivity index (χ4n) is 2.51. The van der Waals surface area contributed by atoms with Gasteiger partial charge in [-0.15, -0.1) is 12.4 Å². The van der Waals surface area contributed by atoms with E-state index in [-0.39, 0.29) is 23.2 Å². The first-order valence-corrected chi connectivity index (χ1v) is 8.87. The second kappa shape index (κ2) is 8.63. The fourth-order valence-corrected chi connectivity index (χ4v) is 3.45. The molecule has 0 spiro atoms. The van der Waals surface area contributed by atoms with Crippen molar-refractivity contribution in [1.29, 1.82) is 0 Å². The molecule has 8 heteroatoms. The zero-order chi connectivity index (χ0) is 16.2. The Morgan fingerprint density at radius 3 is 2.57 bits per heavy atom. The van der Waals surface area contributed by atoms with Crippen LogP contribution in [0.1, 0.15) is 19.3 Å². The lowest BCUT2D eigenvalue weighted by molar-refractivity contribution is -0.117. The number of carbonyl (C=O) groups is 1. The number of piperidine rings is 1. The lowest BCUT2D eigenvalue weighted by atomic mass is 9.94. The van der Waals surface area contributed by atoms with Crippen LogP contribution < -0.4 is 10.6 Å². The van der Waals surface area contributed by atoms with Crippen molar-refractivity contribution in [3.63, 3.8) is 0 Å². The van der Waals surface area contributed by atoms with Crippen LogP contribution in [0, 0.1) is 5.92 Å². The number of carbonyl (C=O) groups excluding carboxylic acids is 1. The molecule has 2 rings (SSSR count). The standard InChI is InChI=1S/C15H23N3O3S.ClH/c1-18(2)22(20,21)14-5-3-4-13(11-14)17-15(19)10-12-6-8-16-9-7-12;/h3-5,11-12,16H,6-10H2,1-2H3,(H,17,19);1H. The van der Waals surface area contributed by atoms with Gasteiger partial charge in [-0.1, -0.05) is 6.07 Å². The maximum Gasteiger partial charge on any atom is 0.242 e. The Hall–Kier alpha value is -1.15. The Labute approximate surface area is 144 Å². The Bertz CT molecular complexity index is 629. The van der Waals surface area contributed by atoms with E-state index in [9.17, 15) is 13.2 Å². The summed E-state index contributed by atoms with van der Waals surface area (Å²) in [6.07, 6.45) is 2.48. The molecular formula is C15H24ClN3O3S. The number of sulfonamides is 1. The zero-order valence-electron chi connectivity index (χ0n) is 13.4. The van der Waals surface area contributed by atoms with E-state index in [4.69, 9.17) is 0 Å². The molecule has 0 aromatic heterocycles. The van der Waals surface area contributed by atoms with Crippen LogP contribution in [0.4, 0.5) is 5.69 Å². The molecule has 1 aliphatic heterocycles. The fraction of sp³-hybridized carbons (Fsp3) is 0.533. The Kier molecular flexibility index (Phi) is 7.47. The first-order chi connectivity index (χ1) is 10.4. The van der Waals surface area contributed by atoms with E-state index in [1.54, 1.807) is 12.1 Å². The number of hydrogen-bond acceptors (Lipinski definition) is 4. The van der Waals surface area contributed by atoms with E-state index >= 15 is 0 Å². The van der Waals surface area contributed by atoms with Crippen molar-refractivity contribution in [2.24, 2.45) is 5.92 Å². The SMILES string of the molecule is CN(C)S(=O)(=O)c1cccc(NC(=O)CC2CCNCC2)c1.Cl. The summed E-state index contributed by atoms with van der Waals surface area (Å²) < 4.78 is 25.3. The van der Waals surface area contributed by atoms with E-state index in [2.05, 4.69) is 10.6 Å². The van der Waals surface area contributed by atoms with Gasteiger partial charge in [0.15, 0.2) is 0 Å². The van der Waals surface area contributed by atoms with Crippen molar-refractivity contribution in [1.82, 2.24) is 9.62 Å². The second-order valence-electron chi connectivity index (χ2n) is 5.76. The highest BCUT2D eigenvalue weighted by Crippen LogP contribution is 2.20. The van der Waals surface area contributed by atoms with E-state index in [0.29, 0.717) is 18.0 Å². The molecule has 23 heavy (non-hydrogen) atoms. The molecule has 0 atom stereocenters. The van der Waals surface area contributed by atoms with Gasteiger partial charge in [-0.2, -0.15) is 0 Å². The van der Waals surface area contributed by atoms with Gasteiger partial charge in [-0.3, -0.25) is 4.79 Å². The summed E-state index contributed by atoms with van der Waals surface area (Å²) in [5, 5.41) is 6.07. The van der Waals surface area contributed by atoms with Crippen molar-refractivity contribution in [2.45, 2.75) is 24.2 Å². The lowest BCUT2D eigenvalue weighted by Gasteiger charge is -2.22. The number of hydrogen-bond donors (Lipinski definition) is 2. The molecule has 1 aliphatic rings. The van der Waals surface area contributed by atoms with Gasteiger partial charge in [0.05, 0.1) is 4.90 Å². The molecule has 1 aromatic rings. The normalized spacial score (nSPS) is 16.0. The molecule has 1 heterocycles. The van der Waals surface area contributed by atoms with Gasteiger partial charge < -0.3 is 10.6 Å². The van der Waals surface area contributed by atoms with E-state index in [0.717, 1.165) is 30.2 Å². The highest BCUT2D eigenvalue weighted by Gasteiger charge is 2.19. The Morgan fingerprint density at radius 1 is 1.30 bits per heavy atom. The number of amides is 1. The zero-order valence-corrected chi connectivity index (χ0v) is 15.0. The minimum Gasteiger partial charge on any atom is -0.326 e. The quantitative estimate of drug-likeness (QED) is 0.836. The summed E-state index contributed by atoms with van der Waals surface area (Å²) in [7, 11) is -0.521. The summed E-state index contributed by atoms with van der Waals surface area (Å²) in [5.74, 6) is 0.334. The largest absolute Gasteiger partial charge is 0.326 e. The third-order valence-corrected chi connectivity index (χ3v) is 5.64. The molecule has 0 saturated carbocycles. The third-order valence-electron chi connectivity index (χ3n) is 3.83. The first kappa shape index (κ1) is 19.9. The lowest BCUT2D eigenvalue weighted by Crippen LogP contribution is -2.30. The average molecular weight is 362 g/mol. The van der Waals surface area contributed by atoms with Crippen LogP contribution in [0.5, 0.6) is 0 Å². The maximum absolute atomic E-state index is 12.1. The molecule has 1 amide bonds. The number of rotatable bonds is 5. The van der Waals surface area contributed by atoms with Gasteiger partial charge in [0.1, 0.15) is 0 Å². The second-order valence-corrected chi connectivity index (χ2v) is 7.91. The van der Waals surface area contributed by atoms with Crippen molar-refractivity contribution < 1.29 is 13.2 Å².